The highest BCUT2D eigenvalue weighted by Crippen LogP contribution is 2.13. The maximum Gasteiger partial charge on any atom is 0.268 e. The van der Waals surface area contributed by atoms with E-state index in [9.17, 15) is 4.79 Å². The van der Waals surface area contributed by atoms with Gasteiger partial charge in [-0.1, -0.05) is 0 Å². The highest BCUT2D eigenvalue weighted by molar-refractivity contribution is 7.13. The first-order valence-corrected chi connectivity index (χ1v) is 4.11. The third-order valence-electron chi connectivity index (χ3n) is 1.08. The molecule has 0 saturated heterocycles. The van der Waals surface area contributed by atoms with Crippen LogP contribution in [0.5, 0.6) is 0 Å². The SMILES string of the molecule is CCNc1nc(C(N)=O)cs1. The Morgan fingerprint density at radius 3 is 3.09 bits per heavy atom. The lowest BCUT2D eigenvalue weighted by atomic mass is 10.5. The van der Waals surface area contributed by atoms with Crippen LogP contribution in [-0.2, 0) is 0 Å². The van der Waals surface area contributed by atoms with Gasteiger partial charge in [0.05, 0.1) is 0 Å². The van der Waals surface area contributed by atoms with Crippen molar-refractivity contribution in [2.45, 2.75) is 6.92 Å². The van der Waals surface area contributed by atoms with Crippen molar-refractivity contribution >= 4 is 22.4 Å². The maximum atomic E-state index is 10.6. The third kappa shape index (κ3) is 1.91. The van der Waals surface area contributed by atoms with Crippen LogP contribution in [0.25, 0.3) is 0 Å². The molecule has 3 N–H and O–H groups in total. The molecular weight excluding hydrogens is 162 g/mol. The first kappa shape index (κ1) is 8.00. The summed E-state index contributed by atoms with van der Waals surface area (Å²) in [6.07, 6.45) is 0. The zero-order valence-corrected chi connectivity index (χ0v) is 6.94. The summed E-state index contributed by atoms with van der Waals surface area (Å²) < 4.78 is 0. The minimum Gasteiger partial charge on any atom is -0.364 e. The molecule has 0 aliphatic heterocycles. The van der Waals surface area contributed by atoms with E-state index in [0.29, 0.717) is 5.69 Å². The monoisotopic (exact) mass is 171 g/mol. The van der Waals surface area contributed by atoms with E-state index in [1.807, 2.05) is 6.92 Å². The van der Waals surface area contributed by atoms with Crippen LogP contribution < -0.4 is 11.1 Å². The van der Waals surface area contributed by atoms with Crippen LogP contribution in [0.1, 0.15) is 17.4 Å². The maximum absolute atomic E-state index is 10.6. The Balaban J connectivity index is 2.73. The molecule has 0 fully saturated rings. The molecule has 1 aromatic rings. The number of amides is 1. The fourth-order valence-electron chi connectivity index (χ4n) is 0.619. The fourth-order valence-corrected chi connectivity index (χ4v) is 1.39. The number of anilines is 1. The lowest BCUT2D eigenvalue weighted by Crippen LogP contribution is -2.11. The molecule has 4 nitrogen and oxygen atoms in total. The number of rotatable bonds is 3. The number of hydrogen-bond acceptors (Lipinski definition) is 4. The van der Waals surface area contributed by atoms with Crippen LogP contribution in [-0.4, -0.2) is 17.4 Å². The molecule has 5 heteroatoms. The second kappa shape index (κ2) is 3.34. The van der Waals surface area contributed by atoms with E-state index in [1.54, 1.807) is 5.38 Å². The largest absolute Gasteiger partial charge is 0.364 e. The molecule has 0 aliphatic rings. The van der Waals surface area contributed by atoms with Gasteiger partial charge in [0, 0.05) is 11.9 Å². The zero-order valence-electron chi connectivity index (χ0n) is 6.13. The number of primary amides is 1. The molecule has 11 heavy (non-hydrogen) atoms. The fraction of sp³-hybridized carbons (Fsp3) is 0.333. The standard InChI is InChI=1S/C6H9N3OS/c1-2-8-6-9-4(3-11-6)5(7)10/h3H,2H2,1H3,(H2,7,10)(H,8,9). The van der Waals surface area contributed by atoms with Gasteiger partial charge in [0.2, 0.25) is 0 Å². The summed E-state index contributed by atoms with van der Waals surface area (Å²) in [5.41, 5.74) is 5.33. The van der Waals surface area contributed by atoms with Crippen molar-refractivity contribution in [3.05, 3.63) is 11.1 Å². The normalized spacial score (nSPS) is 9.55. The first-order valence-electron chi connectivity index (χ1n) is 3.23. The summed E-state index contributed by atoms with van der Waals surface area (Å²) >= 11 is 1.38. The molecule has 0 radical (unpaired) electrons. The van der Waals surface area contributed by atoms with E-state index in [0.717, 1.165) is 11.7 Å². The summed E-state index contributed by atoms with van der Waals surface area (Å²) in [7, 11) is 0. The topological polar surface area (TPSA) is 68.0 Å². The van der Waals surface area contributed by atoms with Crippen molar-refractivity contribution in [3.63, 3.8) is 0 Å². The molecule has 0 unspecified atom stereocenters. The van der Waals surface area contributed by atoms with E-state index in [2.05, 4.69) is 10.3 Å². The summed E-state index contributed by atoms with van der Waals surface area (Å²) in [5, 5.41) is 5.36. The van der Waals surface area contributed by atoms with Gasteiger partial charge >= 0.3 is 0 Å². The number of nitrogens with one attached hydrogen (secondary N) is 1. The first-order chi connectivity index (χ1) is 5.24. The van der Waals surface area contributed by atoms with E-state index in [1.165, 1.54) is 11.3 Å². The van der Waals surface area contributed by atoms with Crippen molar-refractivity contribution in [2.24, 2.45) is 5.73 Å². The van der Waals surface area contributed by atoms with Gasteiger partial charge in [-0.15, -0.1) is 11.3 Å². The average molecular weight is 171 g/mol. The number of nitrogens with zero attached hydrogens (tertiary/aromatic N) is 1. The Hall–Kier alpha value is -1.10. The van der Waals surface area contributed by atoms with E-state index < -0.39 is 5.91 Å². The quantitative estimate of drug-likeness (QED) is 0.702. The van der Waals surface area contributed by atoms with Crippen molar-refractivity contribution in [1.29, 1.82) is 0 Å². The summed E-state index contributed by atoms with van der Waals surface area (Å²) in [5.74, 6) is -0.481. The van der Waals surface area contributed by atoms with Gasteiger partial charge in [0.25, 0.3) is 5.91 Å². The zero-order chi connectivity index (χ0) is 8.27. The number of nitrogens with two attached hydrogens (primary N) is 1. The average Bonchev–Trinajstić information content (AvgIpc) is 2.37. The van der Waals surface area contributed by atoms with Crippen molar-refractivity contribution in [3.8, 4) is 0 Å². The van der Waals surface area contributed by atoms with E-state index >= 15 is 0 Å². The number of carbonyl (C=O) groups excluding carboxylic acids is 1. The number of hydrogen-bond donors (Lipinski definition) is 2. The van der Waals surface area contributed by atoms with Crippen molar-refractivity contribution in [1.82, 2.24) is 4.98 Å². The molecular formula is C6H9N3OS. The van der Waals surface area contributed by atoms with Gasteiger partial charge in [0.1, 0.15) is 5.69 Å². The van der Waals surface area contributed by atoms with Gasteiger partial charge < -0.3 is 11.1 Å². The molecule has 1 amide bonds. The molecule has 0 aromatic carbocycles. The Kier molecular flexibility index (Phi) is 2.43. The van der Waals surface area contributed by atoms with Crippen LogP contribution in [0.15, 0.2) is 5.38 Å². The molecule has 60 valence electrons. The molecule has 1 rings (SSSR count). The van der Waals surface area contributed by atoms with Gasteiger partial charge in [0.15, 0.2) is 5.13 Å². The molecule has 0 saturated carbocycles. The minimum absolute atomic E-state index is 0.325. The smallest absolute Gasteiger partial charge is 0.268 e. The summed E-state index contributed by atoms with van der Waals surface area (Å²) in [6, 6.07) is 0. The van der Waals surface area contributed by atoms with Crippen LogP contribution in [0.3, 0.4) is 0 Å². The van der Waals surface area contributed by atoms with Crippen LogP contribution in [0.2, 0.25) is 0 Å². The highest BCUT2D eigenvalue weighted by atomic mass is 32.1. The summed E-state index contributed by atoms with van der Waals surface area (Å²) in [4.78, 5) is 14.5. The van der Waals surface area contributed by atoms with Crippen LogP contribution >= 0.6 is 11.3 Å². The van der Waals surface area contributed by atoms with Gasteiger partial charge in [-0.2, -0.15) is 0 Å². The van der Waals surface area contributed by atoms with Gasteiger partial charge in [-0.25, -0.2) is 4.98 Å². The third-order valence-corrected chi connectivity index (χ3v) is 1.88. The van der Waals surface area contributed by atoms with Gasteiger partial charge in [-0.05, 0) is 6.92 Å². The van der Waals surface area contributed by atoms with Crippen LogP contribution in [0.4, 0.5) is 5.13 Å². The predicted octanol–water partition coefficient (Wildman–Crippen LogP) is 0.674. The highest BCUT2D eigenvalue weighted by Gasteiger charge is 2.04. The van der Waals surface area contributed by atoms with Crippen molar-refractivity contribution in [2.75, 3.05) is 11.9 Å². The second-order valence-electron chi connectivity index (χ2n) is 1.93. The Morgan fingerprint density at radius 2 is 2.64 bits per heavy atom. The molecule has 0 aliphatic carbocycles. The lowest BCUT2D eigenvalue weighted by Gasteiger charge is -1.92. The van der Waals surface area contributed by atoms with Crippen LogP contribution in [0, 0.1) is 0 Å². The predicted molar refractivity (Wildman–Crippen MR) is 44.8 cm³/mol. The Bertz CT molecular complexity index is 258. The van der Waals surface area contributed by atoms with E-state index in [-0.39, 0.29) is 0 Å². The number of carbonyl (C=O) groups is 1. The second-order valence-corrected chi connectivity index (χ2v) is 2.79. The molecule has 0 spiro atoms. The Morgan fingerprint density at radius 1 is 1.91 bits per heavy atom. The lowest BCUT2D eigenvalue weighted by molar-refractivity contribution is 0.0996. The molecule has 1 heterocycles. The number of aromatic nitrogens is 1. The van der Waals surface area contributed by atoms with Gasteiger partial charge in [-0.3, -0.25) is 4.79 Å². The molecule has 0 bridgehead atoms. The molecule has 1 aromatic heterocycles. The van der Waals surface area contributed by atoms with E-state index in [4.69, 9.17) is 5.73 Å². The summed E-state index contributed by atoms with van der Waals surface area (Å²) in [6.45, 7) is 2.76. The van der Waals surface area contributed by atoms with Crippen molar-refractivity contribution < 1.29 is 4.79 Å². The molecule has 0 atom stereocenters. The minimum atomic E-state index is -0.481. The number of thiazole rings is 1. The Labute approximate surface area is 68.4 Å².